The van der Waals surface area contributed by atoms with Gasteiger partial charge in [-0.3, -0.25) is 4.79 Å². The molecule has 3 aromatic carbocycles. The summed E-state index contributed by atoms with van der Waals surface area (Å²) < 4.78 is 2.07. The van der Waals surface area contributed by atoms with Gasteiger partial charge in [0.25, 0.3) is 0 Å². The molecule has 0 radical (unpaired) electrons. The molecule has 140 valence electrons. The Hall–Kier alpha value is -2.75. The minimum Gasteiger partial charge on any atom is -0.354 e. The highest BCUT2D eigenvalue weighted by Crippen LogP contribution is 2.30. The van der Waals surface area contributed by atoms with Crippen LogP contribution >= 0.6 is 23.2 Å². The summed E-state index contributed by atoms with van der Waals surface area (Å²) >= 11 is 12.5. The first-order valence-electron chi connectivity index (χ1n) is 8.85. The lowest BCUT2D eigenvalue weighted by atomic mass is 9.99. The van der Waals surface area contributed by atoms with Crippen LogP contribution in [-0.4, -0.2) is 10.4 Å². The summed E-state index contributed by atoms with van der Waals surface area (Å²) in [4.78, 5) is 12.9. The number of hydrogen-bond acceptors (Lipinski definition) is 2. The fourth-order valence-electron chi connectivity index (χ4n) is 3.42. The van der Waals surface area contributed by atoms with Gasteiger partial charge in [-0.05, 0) is 61.0 Å². The normalized spacial score (nSPS) is 11.0. The first-order chi connectivity index (χ1) is 13.4. The molecule has 0 saturated carbocycles. The summed E-state index contributed by atoms with van der Waals surface area (Å²) in [6, 6.07) is 18.8. The molecule has 1 aromatic heterocycles. The van der Waals surface area contributed by atoms with E-state index in [-0.39, 0.29) is 5.78 Å². The average Bonchev–Trinajstić information content (AvgIpc) is 3.03. The first-order valence-corrected chi connectivity index (χ1v) is 9.61. The summed E-state index contributed by atoms with van der Waals surface area (Å²) in [5.41, 5.74) is 4.80. The lowest BCUT2D eigenvalue weighted by Crippen LogP contribution is -2.05. The maximum Gasteiger partial charge on any atom is 0.194 e. The molecule has 0 saturated heterocycles. The van der Waals surface area contributed by atoms with Gasteiger partial charge in [-0.25, -0.2) is 0 Å². The van der Waals surface area contributed by atoms with Gasteiger partial charge in [0.1, 0.15) is 0 Å². The summed E-state index contributed by atoms with van der Waals surface area (Å²) in [5, 5.41) is 5.57. The number of fused-ring (bicyclic) bond motifs is 1. The first kappa shape index (κ1) is 18.6. The number of nitrogens with zero attached hydrogens (tertiary/aromatic N) is 1. The van der Waals surface area contributed by atoms with Gasteiger partial charge in [0.2, 0.25) is 0 Å². The van der Waals surface area contributed by atoms with Crippen LogP contribution in [0.15, 0.2) is 66.9 Å². The molecule has 0 fully saturated rings. The standard InChI is InChI=1S/C23H18Cl2N2O/c1-14-12-16(24)6-8-18(14)23(28)19-9-7-17(13-20(19)25)26-21-5-3-4-15-10-11-27(2)22(15)21/h3-13,26H,1-2H3. The molecule has 0 amide bonds. The second kappa shape index (κ2) is 7.34. The number of ketones is 1. The Morgan fingerprint density at radius 3 is 2.50 bits per heavy atom. The molecule has 5 heteroatoms. The average molecular weight is 409 g/mol. The summed E-state index contributed by atoms with van der Waals surface area (Å²) in [6.07, 6.45) is 2.03. The van der Waals surface area contributed by atoms with Gasteiger partial charge in [0.15, 0.2) is 5.78 Å². The molecule has 3 nitrogen and oxygen atoms in total. The zero-order valence-electron chi connectivity index (χ0n) is 15.5. The van der Waals surface area contributed by atoms with Gasteiger partial charge >= 0.3 is 0 Å². The van der Waals surface area contributed by atoms with Crippen LogP contribution in [0.5, 0.6) is 0 Å². The van der Waals surface area contributed by atoms with Gasteiger partial charge in [0.05, 0.1) is 16.2 Å². The molecule has 4 aromatic rings. The molecule has 1 heterocycles. The fraction of sp³-hybridized carbons (Fsp3) is 0.0870. The Morgan fingerprint density at radius 2 is 1.75 bits per heavy atom. The van der Waals surface area contributed by atoms with E-state index in [1.807, 2.05) is 38.4 Å². The van der Waals surface area contributed by atoms with E-state index in [0.29, 0.717) is 21.2 Å². The quantitative estimate of drug-likeness (QED) is 0.378. The van der Waals surface area contributed by atoms with Crippen molar-refractivity contribution < 1.29 is 4.79 Å². The van der Waals surface area contributed by atoms with Crippen LogP contribution < -0.4 is 5.32 Å². The van der Waals surface area contributed by atoms with Crippen molar-refractivity contribution in [2.24, 2.45) is 7.05 Å². The van der Waals surface area contributed by atoms with Crippen LogP contribution in [0.2, 0.25) is 10.0 Å². The number of benzene rings is 3. The van der Waals surface area contributed by atoms with Gasteiger partial charge in [0, 0.05) is 40.5 Å². The zero-order chi connectivity index (χ0) is 19.8. The van der Waals surface area contributed by atoms with E-state index in [9.17, 15) is 4.79 Å². The van der Waals surface area contributed by atoms with Crippen molar-refractivity contribution in [1.29, 1.82) is 0 Å². The maximum absolute atomic E-state index is 12.9. The minimum absolute atomic E-state index is 0.116. The van der Waals surface area contributed by atoms with Crippen molar-refractivity contribution in [2.45, 2.75) is 6.92 Å². The van der Waals surface area contributed by atoms with E-state index in [1.165, 1.54) is 0 Å². The van der Waals surface area contributed by atoms with Crippen molar-refractivity contribution in [3.05, 3.63) is 93.6 Å². The third kappa shape index (κ3) is 3.39. The van der Waals surface area contributed by atoms with E-state index >= 15 is 0 Å². The Balaban J connectivity index is 1.66. The molecule has 0 aliphatic rings. The van der Waals surface area contributed by atoms with Crippen LogP contribution in [0.1, 0.15) is 21.5 Å². The Labute approximate surface area is 173 Å². The second-order valence-electron chi connectivity index (χ2n) is 6.78. The fourth-order valence-corrected chi connectivity index (χ4v) is 3.91. The van der Waals surface area contributed by atoms with E-state index in [0.717, 1.165) is 27.8 Å². The van der Waals surface area contributed by atoms with Crippen molar-refractivity contribution >= 4 is 51.3 Å². The van der Waals surface area contributed by atoms with Gasteiger partial charge in [-0.2, -0.15) is 0 Å². The van der Waals surface area contributed by atoms with Gasteiger partial charge < -0.3 is 9.88 Å². The van der Waals surface area contributed by atoms with Gasteiger partial charge in [-0.15, -0.1) is 0 Å². The highest BCUT2D eigenvalue weighted by atomic mass is 35.5. The molecule has 0 aliphatic carbocycles. The highest BCUT2D eigenvalue weighted by Gasteiger charge is 2.16. The third-order valence-corrected chi connectivity index (χ3v) is 5.37. The summed E-state index contributed by atoms with van der Waals surface area (Å²) in [6.45, 7) is 1.86. The number of aromatic nitrogens is 1. The largest absolute Gasteiger partial charge is 0.354 e. The molecule has 0 atom stereocenters. The van der Waals surface area contributed by atoms with Crippen molar-refractivity contribution in [1.82, 2.24) is 4.57 Å². The number of carbonyl (C=O) groups excluding carboxylic acids is 1. The Bertz CT molecular complexity index is 1210. The summed E-state index contributed by atoms with van der Waals surface area (Å²) in [7, 11) is 2.01. The Kier molecular flexibility index (Phi) is 4.88. The predicted octanol–water partition coefficient (Wildman–Crippen LogP) is 6.77. The molecule has 28 heavy (non-hydrogen) atoms. The number of halogens is 2. The molecular weight excluding hydrogens is 391 g/mol. The zero-order valence-corrected chi connectivity index (χ0v) is 17.0. The van der Waals surface area contributed by atoms with Crippen molar-refractivity contribution in [3.8, 4) is 0 Å². The van der Waals surface area contributed by atoms with Crippen molar-refractivity contribution in [2.75, 3.05) is 5.32 Å². The molecule has 1 N–H and O–H groups in total. The monoisotopic (exact) mass is 408 g/mol. The Morgan fingerprint density at radius 1 is 0.964 bits per heavy atom. The molecular formula is C23H18Cl2N2O. The number of aryl methyl sites for hydroxylation is 2. The number of rotatable bonds is 4. The smallest absolute Gasteiger partial charge is 0.194 e. The molecule has 4 rings (SSSR count). The van der Waals surface area contributed by atoms with Crippen LogP contribution in [0.25, 0.3) is 10.9 Å². The van der Waals surface area contributed by atoms with E-state index in [1.54, 1.807) is 30.3 Å². The topological polar surface area (TPSA) is 34.0 Å². The lowest BCUT2D eigenvalue weighted by Gasteiger charge is -2.12. The SMILES string of the molecule is Cc1cc(Cl)ccc1C(=O)c1ccc(Nc2cccc3ccn(C)c23)cc1Cl. The van der Waals surface area contributed by atoms with Gasteiger partial charge in [-0.1, -0.05) is 35.3 Å². The predicted molar refractivity (Wildman–Crippen MR) is 117 cm³/mol. The van der Waals surface area contributed by atoms with E-state index in [4.69, 9.17) is 23.2 Å². The number of nitrogens with one attached hydrogen (secondary N) is 1. The third-order valence-electron chi connectivity index (χ3n) is 4.82. The summed E-state index contributed by atoms with van der Waals surface area (Å²) in [5.74, 6) is -0.116. The number of hydrogen-bond donors (Lipinski definition) is 1. The minimum atomic E-state index is -0.116. The lowest BCUT2D eigenvalue weighted by molar-refractivity contribution is 0.103. The van der Waals surface area contributed by atoms with Crippen LogP contribution in [0, 0.1) is 6.92 Å². The molecule has 0 bridgehead atoms. The molecule has 0 unspecified atom stereocenters. The van der Waals surface area contributed by atoms with E-state index < -0.39 is 0 Å². The second-order valence-corrected chi connectivity index (χ2v) is 7.62. The van der Waals surface area contributed by atoms with Crippen molar-refractivity contribution in [3.63, 3.8) is 0 Å². The number of para-hydroxylation sites is 1. The molecule has 0 spiro atoms. The maximum atomic E-state index is 12.9. The number of anilines is 2. The van der Waals surface area contributed by atoms with E-state index in [2.05, 4.69) is 22.0 Å². The van der Waals surface area contributed by atoms with Crippen LogP contribution in [0.3, 0.4) is 0 Å². The van der Waals surface area contributed by atoms with Crippen LogP contribution in [0.4, 0.5) is 11.4 Å². The highest BCUT2D eigenvalue weighted by molar-refractivity contribution is 6.35. The van der Waals surface area contributed by atoms with Crippen LogP contribution in [-0.2, 0) is 7.05 Å². The number of carbonyl (C=O) groups is 1. The molecule has 0 aliphatic heterocycles.